The molecule has 1 N–H and O–H groups in total. The highest BCUT2D eigenvalue weighted by atomic mass is 79.9. The molecule has 38 heavy (non-hydrogen) atoms. The highest BCUT2D eigenvalue weighted by molar-refractivity contribution is 5.66. The first kappa shape index (κ1) is 29.3. The quantitative estimate of drug-likeness (QED) is 0.403. The molecule has 6 heteroatoms. The monoisotopic (exact) mass is 594 g/mol. The molecule has 6 rings (SSSR count). The predicted octanol–water partition coefficient (Wildman–Crippen LogP) is 2.40. The van der Waals surface area contributed by atoms with Crippen LogP contribution in [0.15, 0.2) is 0 Å². The molecule has 0 unspecified atom stereocenters. The summed E-state index contributed by atoms with van der Waals surface area (Å²) in [5.74, 6) is 2.74. The van der Waals surface area contributed by atoms with Crippen molar-refractivity contribution in [2.45, 2.75) is 129 Å². The van der Waals surface area contributed by atoms with Gasteiger partial charge in [0.05, 0.1) is 20.1 Å². The van der Waals surface area contributed by atoms with Crippen LogP contribution in [0.3, 0.4) is 0 Å². The second kappa shape index (κ2) is 10.9. The number of esters is 1. The van der Waals surface area contributed by atoms with E-state index in [0.29, 0.717) is 29.3 Å². The first-order valence-electron chi connectivity index (χ1n) is 16.1. The third-order valence-corrected chi connectivity index (χ3v) is 13.4. The zero-order valence-electron chi connectivity index (χ0n) is 24.7. The second-order valence-electron chi connectivity index (χ2n) is 15.2. The zero-order chi connectivity index (χ0) is 26.0. The lowest BCUT2D eigenvalue weighted by Crippen LogP contribution is -3.00. The van der Waals surface area contributed by atoms with E-state index in [2.05, 4.69) is 25.8 Å². The minimum absolute atomic E-state index is 0. The van der Waals surface area contributed by atoms with Crippen molar-refractivity contribution in [3.05, 3.63) is 0 Å². The number of piperidine rings is 2. The third-order valence-electron chi connectivity index (χ3n) is 13.4. The molecule has 0 aromatic heterocycles. The molecule has 0 radical (unpaired) electrons. The van der Waals surface area contributed by atoms with Crippen molar-refractivity contribution in [1.29, 1.82) is 0 Å². The molecule has 5 nitrogen and oxygen atoms in total. The van der Waals surface area contributed by atoms with E-state index >= 15 is 0 Å². The van der Waals surface area contributed by atoms with Crippen molar-refractivity contribution < 1.29 is 36.1 Å². The summed E-state index contributed by atoms with van der Waals surface area (Å²) >= 11 is 0. The lowest BCUT2D eigenvalue weighted by molar-refractivity contribution is -0.940. The van der Waals surface area contributed by atoms with E-state index in [1.165, 1.54) is 103 Å². The molecule has 6 aliphatic rings. The summed E-state index contributed by atoms with van der Waals surface area (Å²) in [6, 6.07) is 0.817. The van der Waals surface area contributed by atoms with Gasteiger partial charge in [0.1, 0.15) is 18.2 Å². The molecule has 2 heterocycles. The Morgan fingerprint density at radius 2 is 1.61 bits per heavy atom. The van der Waals surface area contributed by atoms with Gasteiger partial charge in [-0.15, -0.1) is 0 Å². The first-order chi connectivity index (χ1) is 17.7. The Balaban J connectivity index is 0.00000294. The average molecular weight is 596 g/mol. The topological polar surface area (TPSA) is 49.8 Å². The highest BCUT2D eigenvalue weighted by Gasteiger charge is 2.66. The van der Waals surface area contributed by atoms with Gasteiger partial charge < -0.3 is 31.3 Å². The summed E-state index contributed by atoms with van der Waals surface area (Å²) in [6.07, 6.45) is 16.4. The van der Waals surface area contributed by atoms with Gasteiger partial charge in [-0.25, -0.2) is 0 Å². The van der Waals surface area contributed by atoms with Gasteiger partial charge in [-0.1, -0.05) is 20.3 Å². The number of hydrogen-bond acceptors (Lipinski definition) is 4. The minimum atomic E-state index is -0.145. The summed E-state index contributed by atoms with van der Waals surface area (Å²) in [5.41, 5.74) is 0.421. The minimum Gasteiger partial charge on any atom is -1.00 e. The molecular formula is C32H55BrN2O3. The molecule has 2 saturated heterocycles. The lowest BCUT2D eigenvalue weighted by atomic mass is 9.44. The number of halogens is 1. The third kappa shape index (κ3) is 4.73. The first-order valence-corrected chi connectivity index (χ1v) is 16.1. The molecular weight excluding hydrogens is 540 g/mol. The Morgan fingerprint density at radius 1 is 0.921 bits per heavy atom. The van der Waals surface area contributed by atoms with Gasteiger partial charge in [0.15, 0.2) is 0 Å². The van der Waals surface area contributed by atoms with Crippen molar-refractivity contribution >= 4 is 5.97 Å². The molecule has 0 amide bonds. The van der Waals surface area contributed by atoms with Crippen LogP contribution < -0.4 is 17.0 Å². The van der Waals surface area contributed by atoms with E-state index in [4.69, 9.17) is 4.74 Å². The summed E-state index contributed by atoms with van der Waals surface area (Å²) in [4.78, 5) is 14.8. The normalized spacial score (nSPS) is 48.7. The van der Waals surface area contributed by atoms with Crippen LogP contribution in [0.4, 0.5) is 0 Å². The van der Waals surface area contributed by atoms with E-state index in [9.17, 15) is 9.90 Å². The van der Waals surface area contributed by atoms with Crippen LogP contribution in [-0.2, 0) is 9.53 Å². The summed E-state index contributed by atoms with van der Waals surface area (Å²) in [6.45, 7) is 11.6. The number of aliphatic hydroxyl groups excluding tert-OH is 1. The van der Waals surface area contributed by atoms with Crippen molar-refractivity contribution in [2.75, 3.05) is 33.2 Å². The van der Waals surface area contributed by atoms with Crippen molar-refractivity contribution in [1.82, 2.24) is 4.90 Å². The van der Waals surface area contributed by atoms with Crippen molar-refractivity contribution in [3.8, 4) is 0 Å². The number of likely N-dealkylation sites (tertiary alicyclic amines) is 2. The summed E-state index contributed by atoms with van der Waals surface area (Å²) < 4.78 is 7.18. The number of fused-ring (bicyclic) bond motifs is 5. The maximum atomic E-state index is 12.1. The van der Waals surface area contributed by atoms with E-state index in [-0.39, 0.29) is 40.6 Å². The number of hydrogen-bond donors (Lipinski definition) is 1. The van der Waals surface area contributed by atoms with Crippen LogP contribution in [0.1, 0.15) is 104 Å². The fourth-order valence-corrected chi connectivity index (χ4v) is 11.4. The van der Waals surface area contributed by atoms with Crippen LogP contribution in [-0.4, -0.2) is 78.0 Å². The van der Waals surface area contributed by atoms with Gasteiger partial charge in [-0.2, -0.15) is 0 Å². The average Bonchev–Trinajstić information content (AvgIpc) is 3.16. The number of ether oxygens (including phenoxy) is 1. The van der Waals surface area contributed by atoms with Crippen molar-refractivity contribution in [3.63, 3.8) is 0 Å². The number of carbonyl (C=O) groups is 1. The van der Waals surface area contributed by atoms with E-state index in [0.717, 1.165) is 22.7 Å². The lowest BCUT2D eigenvalue weighted by Gasteiger charge is -2.62. The second-order valence-corrected chi connectivity index (χ2v) is 15.2. The molecule has 10 atom stereocenters. The van der Waals surface area contributed by atoms with Crippen LogP contribution in [0.25, 0.3) is 0 Å². The Bertz CT molecular complexity index is 858. The Labute approximate surface area is 242 Å². The van der Waals surface area contributed by atoms with E-state index in [1.54, 1.807) is 6.92 Å². The van der Waals surface area contributed by atoms with E-state index in [1.807, 2.05) is 0 Å². The Hall–Kier alpha value is -0.170. The standard InChI is InChI=1S/C32H55N2O3.BrH/c1-22(35)37-29-19-23-11-12-24-25(32(23,3)21-27(29)33-15-7-5-8-16-33)13-14-31(2)26(24)20-28(30(31)36)34(4)17-9-6-10-18-34;/h23-30,36H,5-21H2,1-4H3;1H/q+1;/p-1/t23-,24+,25-,26-,27-,28-,29-,30+,31-,32-;/m0./s1. The zero-order valence-corrected chi connectivity index (χ0v) is 26.3. The smallest absolute Gasteiger partial charge is 0.302 e. The van der Waals surface area contributed by atoms with Gasteiger partial charge in [-0.05, 0) is 113 Å². The maximum Gasteiger partial charge on any atom is 0.302 e. The molecule has 4 saturated carbocycles. The number of nitrogens with zero attached hydrogens (tertiary/aromatic N) is 2. The highest BCUT2D eigenvalue weighted by Crippen LogP contribution is 2.67. The van der Waals surface area contributed by atoms with Crippen LogP contribution in [0.5, 0.6) is 0 Å². The molecule has 218 valence electrons. The molecule has 2 aliphatic heterocycles. The number of rotatable bonds is 3. The SMILES string of the molecule is CC(=O)O[C@H]1C[C@@H]2CC[C@@H]3[C@H](CC[C@]4(C)[C@H](O)[C@@H]([N+]5(C)CCCCC5)C[C@@H]34)[C@@]2(C)C[C@@H]1N1CCCCC1.[Br-]. The molecule has 0 bridgehead atoms. The summed E-state index contributed by atoms with van der Waals surface area (Å²) in [7, 11) is 2.46. The molecule has 0 aromatic rings. The number of quaternary nitrogens is 1. The predicted molar refractivity (Wildman–Crippen MR) is 147 cm³/mol. The molecule has 0 spiro atoms. The van der Waals surface area contributed by atoms with Gasteiger partial charge in [0.25, 0.3) is 0 Å². The number of likely N-dealkylation sites (N-methyl/N-ethyl adjacent to an activating group) is 1. The van der Waals surface area contributed by atoms with Gasteiger partial charge >= 0.3 is 5.97 Å². The van der Waals surface area contributed by atoms with Gasteiger partial charge in [0, 0.05) is 24.8 Å². The fourth-order valence-electron chi connectivity index (χ4n) is 11.4. The number of aliphatic hydroxyl groups is 1. The summed E-state index contributed by atoms with van der Waals surface area (Å²) in [5, 5.41) is 11.9. The van der Waals surface area contributed by atoms with E-state index < -0.39 is 0 Å². The van der Waals surface area contributed by atoms with Gasteiger partial charge in [0.2, 0.25) is 0 Å². The van der Waals surface area contributed by atoms with Crippen LogP contribution in [0.2, 0.25) is 0 Å². The Morgan fingerprint density at radius 3 is 2.29 bits per heavy atom. The molecule has 0 aromatic carbocycles. The maximum absolute atomic E-state index is 12.1. The van der Waals surface area contributed by atoms with Crippen molar-refractivity contribution in [2.24, 2.45) is 34.5 Å². The van der Waals surface area contributed by atoms with Gasteiger partial charge in [-0.3, -0.25) is 9.69 Å². The number of carbonyl (C=O) groups excluding carboxylic acids is 1. The van der Waals surface area contributed by atoms with Crippen LogP contribution in [0, 0.1) is 34.5 Å². The molecule has 6 fully saturated rings. The van der Waals surface area contributed by atoms with Crippen LogP contribution >= 0.6 is 0 Å². The largest absolute Gasteiger partial charge is 1.00 e. The Kier molecular flexibility index (Phi) is 8.42. The molecule has 4 aliphatic carbocycles. The fraction of sp³-hybridized carbons (Fsp3) is 0.969.